The van der Waals surface area contributed by atoms with E-state index in [1.54, 1.807) is 0 Å². The van der Waals surface area contributed by atoms with Crippen LogP contribution in [0.25, 0.3) is 10.8 Å². The van der Waals surface area contributed by atoms with Crippen LogP contribution in [0, 0.1) is 5.92 Å². The number of hydrogen-bond acceptors (Lipinski definition) is 3. The topological polar surface area (TPSA) is 42.1 Å². The van der Waals surface area contributed by atoms with E-state index >= 15 is 0 Å². The zero-order valence-corrected chi connectivity index (χ0v) is 13.5. The van der Waals surface area contributed by atoms with Crippen molar-refractivity contribution in [1.82, 2.24) is 4.98 Å². The Kier molecular flexibility index (Phi) is 3.71. The van der Waals surface area contributed by atoms with Gasteiger partial charge in [-0.25, -0.2) is 4.98 Å². The van der Waals surface area contributed by atoms with Crippen LogP contribution in [0.2, 0.25) is 5.15 Å². The van der Waals surface area contributed by atoms with Gasteiger partial charge in [0.1, 0.15) is 5.15 Å². The summed E-state index contributed by atoms with van der Waals surface area (Å²) in [4.78, 5) is 6.88. The smallest absolute Gasteiger partial charge is 0.136 e. The van der Waals surface area contributed by atoms with E-state index in [0.29, 0.717) is 11.2 Å². The van der Waals surface area contributed by atoms with E-state index in [4.69, 9.17) is 17.3 Å². The number of halogens is 1. The summed E-state index contributed by atoms with van der Waals surface area (Å²) in [7, 11) is 0. The van der Waals surface area contributed by atoms with Crippen LogP contribution in [0.4, 0.5) is 5.69 Å². The zero-order chi connectivity index (χ0) is 15.1. The number of nitrogens with two attached hydrogens (primary N) is 1. The van der Waals surface area contributed by atoms with E-state index < -0.39 is 0 Å². The van der Waals surface area contributed by atoms with Crippen LogP contribution in [-0.4, -0.2) is 24.1 Å². The fourth-order valence-electron chi connectivity index (χ4n) is 4.02. The SMILES string of the molecule is NC1CCC(CN2CCc3cnc(Cl)c4cccc2c34)CC1. The van der Waals surface area contributed by atoms with Gasteiger partial charge in [-0.3, -0.25) is 0 Å². The van der Waals surface area contributed by atoms with E-state index in [1.807, 2.05) is 6.20 Å². The molecule has 0 radical (unpaired) electrons. The first-order valence-electron chi connectivity index (χ1n) is 8.29. The lowest BCUT2D eigenvalue weighted by Gasteiger charge is -2.36. The summed E-state index contributed by atoms with van der Waals surface area (Å²) in [6.45, 7) is 2.23. The molecule has 2 heterocycles. The highest BCUT2D eigenvalue weighted by molar-refractivity contribution is 6.34. The highest BCUT2D eigenvalue weighted by Gasteiger charge is 2.25. The van der Waals surface area contributed by atoms with E-state index in [9.17, 15) is 0 Å². The molecule has 1 aromatic heterocycles. The standard InChI is InChI=1S/C18H22ClN3/c19-18-15-2-1-3-16-17(15)13(10-21-18)8-9-22(16)11-12-4-6-14(20)7-5-12/h1-3,10,12,14H,4-9,11,20H2. The van der Waals surface area contributed by atoms with Gasteiger partial charge in [-0.05, 0) is 49.7 Å². The van der Waals surface area contributed by atoms with Crippen LogP contribution < -0.4 is 10.6 Å². The first-order valence-corrected chi connectivity index (χ1v) is 8.67. The number of rotatable bonds is 2. The van der Waals surface area contributed by atoms with Gasteiger partial charge < -0.3 is 10.6 Å². The van der Waals surface area contributed by atoms with E-state index in [-0.39, 0.29) is 0 Å². The Labute approximate surface area is 136 Å². The minimum Gasteiger partial charge on any atom is -0.370 e. The minimum atomic E-state index is 0.423. The average molecular weight is 316 g/mol. The summed E-state index contributed by atoms with van der Waals surface area (Å²) in [5.41, 5.74) is 8.70. The Hall–Kier alpha value is -1.32. The van der Waals surface area contributed by atoms with Gasteiger partial charge in [-0.1, -0.05) is 23.7 Å². The van der Waals surface area contributed by atoms with Crippen LogP contribution in [0.3, 0.4) is 0 Å². The number of nitrogens with zero attached hydrogens (tertiary/aromatic N) is 2. The lowest BCUT2D eigenvalue weighted by Crippen LogP contribution is -2.37. The second-order valence-electron chi connectivity index (χ2n) is 6.75. The molecular weight excluding hydrogens is 294 g/mol. The quantitative estimate of drug-likeness (QED) is 0.858. The monoisotopic (exact) mass is 315 g/mol. The molecule has 1 aliphatic heterocycles. The Morgan fingerprint density at radius 2 is 2.05 bits per heavy atom. The van der Waals surface area contributed by atoms with Crippen molar-refractivity contribution in [1.29, 1.82) is 0 Å². The highest BCUT2D eigenvalue weighted by Crippen LogP contribution is 2.37. The normalized spacial score (nSPS) is 24.7. The van der Waals surface area contributed by atoms with Gasteiger partial charge in [0, 0.05) is 41.8 Å². The predicted molar refractivity (Wildman–Crippen MR) is 92.6 cm³/mol. The van der Waals surface area contributed by atoms with Gasteiger partial charge in [-0.15, -0.1) is 0 Å². The van der Waals surface area contributed by atoms with Crippen molar-refractivity contribution in [2.24, 2.45) is 11.7 Å². The van der Waals surface area contributed by atoms with Crippen molar-refractivity contribution >= 4 is 28.1 Å². The van der Waals surface area contributed by atoms with Gasteiger partial charge in [0.05, 0.1) is 0 Å². The third kappa shape index (κ3) is 2.46. The van der Waals surface area contributed by atoms with Gasteiger partial charge in [0.25, 0.3) is 0 Å². The van der Waals surface area contributed by atoms with Gasteiger partial charge in [-0.2, -0.15) is 0 Å². The molecule has 22 heavy (non-hydrogen) atoms. The summed E-state index contributed by atoms with van der Waals surface area (Å²) in [6.07, 6.45) is 7.88. The fraction of sp³-hybridized carbons (Fsp3) is 0.500. The number of pyridine rings is 1. The lowest BCUT2D eigenvalue weighted by atomic mass is 9.85. The number of anilines is 1. The molecule has 0 amide bonds. The first kappa shape index (κ1) is 14.3. The molecule has 3 nitrogen and oxygen atoms in total. The van der Waals surface area contributed by atoms with E-state index in [2.05, 4.69) is 28.1 Å². The Morgan fingerprint density at radius 3 is 2.86 bits per heavy atom. The predicted octanol–water partition coefficient (Wildman–Crippen LogP) is 3.77. The molecule has 0 saturated heterocycles. The maximum absolute atomic E-state index is 6.29. The molecule has 2 aliphatic rings. The molecule has 2 aromatic rings. The molecule has 0 spiro atoms. The van der Waals surface area contributed by atoms with Crippen LogP contribution in [0.5, 0.6) is 0 Å². The number of hydrogen-bond donors (Lipinski definition) is 1. The molecule has 4 heteroatoms. The van der Waals surface area contributed by atoms with Gasteiger partial charge >= 0.3 is 0 Å². The van der Waals surface area contributed by atoms with Gasteiger partial charge in [0.2, 0.25) is 0 Å². The molecule has 1 aliphatic carbocycles. The average Bonchev–Trinajstić information content (AvgIpc) is 2.55. The summed E-state index contributed by atoms with van der Waals surface area (Å²) in [6, 6.07) is 6.84. The van der Waals surface area contributed by atoms with Crippen LogP contribution in [-0.2, 0) is 6.42 Å². The first-order chi connectivity index (χ1) is 10.7. The number of aromatic nitrogens is 1. The second-order valence-corrected chi connectivity index (χ2v) is 7.11. The van der Waals surface area contributed by atoms with E-state index in [0.717, 1.165) is 30.8 Å². The molecule has 0 atom stereocenters. The summed E-state index contributed by atoms with van der Waals surface area (Å²) >= 11 is 6.29. The van der Waals surface area contributed by atoms with Gasteiger partial charge in [0.15, 0.2) is 0 Å². The minimum absolute atomic E-state index is 0.423. The maximum atomic E-state index is 6.29. The van der Waals surface area contributed by atoms with E-state index in [1.165, 1.54) is 42.3 Å². The van der Waals surface area contributed by atoms with Crippen LogP contribution in [0.1, 0.15) is 31.2 Å². The summed E-state index contributed by atoms with van der Waals surface area (Å²) < 4.78 is 0. The van der Waals surface area contributed by atoms with Crippen molar-refractivity contribution in [3.63, 3.8) is 0 Å². The van der Waals surface area contributed by atoms with Crippen molar-refractivity contribution in [2.75, 3.05) is 18.0 Å². The molecule has 1 aromatic carbocycles. The fourth-order valence-corrected chi connectivity index (χ4v) is 4.23. The number of benzene rings is 1. The van der Waals surface area contributed by atoms with Crippen molar-refractivity contribution in [2.45, 2.75) is 38.1 Å². The molecule has 116 valence electrons. The molecule has 0 bridgehead atoms. The summed E-state index contributed by atoms with van der Waals surface area (Å²) in [5, 5.41) is 3.01. The Bertz CT molecular complexity index is 692. The molecule has 1 saturated carbocycles. The van der Waals surface area contributed by atoms with Crippen molar-refractivity contribution in [3.8, 4) is 0 Å². The van der Waals surface area contributed by atoms with Crippen molar-refractivity contribution in [3.05, 3.63) is 35.1 Å². The Morgan fingerprint density at radius 1 is 1.23 bits per heavy atom. The molecular formula is C18H22ClN3. The lowest BCUT2D eigenvalue weighted by molar-refractivity contribution is 0.327. The maximum Gasteiger partial charge on any atom is 0.136 e. The Balaban J connectivity index is 1.66. The summed E-state index contributed by atoms with van der Waals surface area (Å²) in [5.74, 6) is 0.772. The largest absolute Gasteiger partial charge is 0.370 e. The van der Waals surface area contributed by atoms with Crippen molar-refractivity contribution < 1.29 is 0 Å². The second kappa shape index (κ2) is 5.71. The third-order valence-electron chi connectivity index (χ3n) is 5.28. The highest BCUT2D eigenvalue weighted by atomic mass is 35.5. The van der Waals surface area contributed by atoms with Crippen LogP contribution in [0.15, 0.2) is 24.4 Å². The molecule has 0 unspecified atom stereocenters. The van der Waals surface area contributed by atoms with Crippen LogP contribution >= 0.6 is 11.6 Å². The third-order valence-corrected chi connectivity index (χ3v) is 5.58. The molecule has 1 fully saturated rings. The molecule has 4 rings (SSSR count). The molecule has 2 N–H and O–H groups in total. The zero-order valence-electron chi connectivity index (χ0n) is 12.8.